The molecule has 1 aliphatic heterocycles. The number of rotatable bonds is 9. The zero-order chi connectivity index (χ0) is 22.3. The predicted octanol–water partition coefficient (Wildman–Crippen LogP) is 3.67. The van der Waals surface area contributed by atoms with E-state index < -0.39 is 0 Å². The number of unbranched alkanes of at least 4 members (excludes halogenated alkanes) is 2. The lowest BCUT2D eigenvalue weighted by molar-refractivity contribution is 0.101. The maximum absolute atomic E-state index is 14.4. The highest BCUT2D eigenvalue weighted by molar-refractivity contribution is 5.94. The van der Waals surface area contributed by atoms with Crippen LogP contribution in [0.2, 0.25) is 0 Å². The molecule has 0 N–H and O–H groups in total. The topological polar surface area (TPSA) is 67.2 Å². The highest BCUT2D eigenvalue weighted by atomic mass is 19.1. The van der Waals surface area contributed by atoms with Gasteiger partial charge in [0.25, 0.3) is 0 Å². The lowest BCUT2D eigenvalue weighted by Crippen LogP contribution is -2.46. The van der Waals surface area contributed by atoms with Crippen molar-refractivity contribution < 1.29 is 9.18 Å². The van der Waals surface area contributed by atoms with E-state index in [1.54, 1.807) is 16.9 Å². The first-order chi connectivity index (χ1) is 15.6. The van der Waals surface area contributed by atoms with Crippen LogP contribution in [0.25, 0.3) is 11.4 Å². The number of piperazine rings is 1. The lowest BCUT2D eigenvalue weighted by atomic mass is 10.1. The molecule has 0 amide bonds. The Bertz CT molecular complexity index is 1030. The van der Waals surface area contributed by atoms with Gasteiger partial charge in [-0.15, -0.1) is 10.2 Å². The maximum Gasteiger partial charge on any atom is 0.204 e. The summed E-state index contributed by atoms with van der Waals surface area (Å²) in [6.07, 6.45) is 3.23. The van der Waals surface area contributed by atoms with Gasteiger partial charge in [-0.1, -0.05) is 36.8 Å². The van der Waals surface area contributed by atoms with E-state index in [9.17, 15) is 9.18 Å². The van der Waals surface area contributed by atoms with Crippen molar-refractivity contribution in [1.29, 1.82) is 0 Å². The fraction of sp³-hybridized carbons (Fsp3) is 0.417. The highest BCUT2D eigenvalue weighted by Crippen LogP contribution is 2.22. The summed E-state index contributed by atoms with van der Waals surface area (Å²) < 4.78 is 14.4. The highest BCUT2D eigenvalue weighted by Gasteiger charge is 2.19. The Hall–Kier alpha value is -3.13. The molecule has 2 aromatic carbocycles. The maximum atomic E-state index is 14.4. The Kier molecular flexibility index (Phi) is 7.21. The van der Waals surface area contributed by atoms with Crippen molar-refractivity contribution >= 4 is 11.5 Å². The first kappa shape index (κ1) is 22.1. The number of halogens is 1. The molecule has 168 valence electrons. The molecule has 1 aromatic heterocycles. The molecule has 0 unspecified atom stereocenters. The van der Waals surface area contributed by atoms with Gasteiger partial charge in [0, 0.05) is 37.3 Å². The van der Waals surface area contributed by atoms with Crippen LogP contribution in [0, 0.1) is 5.82 Å². The van der Waals surface area contributed by atoms with Gasteiger partial charge in [-0.2, -0.15) is 4.80 Å². The second-order valence-corrected chi connectivity index (χ2v) is 8.19. The molecule has 4 rings (SSSR count). The molecule has 0 atom stereocenters. The first-order valence-corrected chi connectivity index (χ1v) is 11.2. The minimum Gasteiger partial charge on any atom is -0.367 e. The second-order valence-electron chi connectivity index (χ2n) is 8.19. The van der Waals surface area contributed by atoms with Gasteiger partial charge in [0.15, 0.2) is 5.78 Å². The molecular formula is C24H29FN6O. The quantitative estimate of drug-likeness (QED) is 0.377. The van der Waals surface area contributed by atoms with E-state index in [2.05, 4.69) is 25.2 Å². The van der Waals surface area contributed by atoms with Crippen LogP contribution in [-0.2, 0) is 6.54 Å². The summed E-state index contributed by atoms with van der Waals surface area (Å²) in [6, 6.07) is 14.7. The molecule has 1 aliphatic rings. The average Bonchev–Trinajstić information content (AvgIpc) is 3.29. The minimum atomic E-state index is -0.316. The summed E-state index contributed by atoms with van der Waals surface area (Å²) in [7, 11) is 0. The molecule has 8 heteroatoms. The van der Waals surface area contributed by atoms with Gasteiger partial charge in [0.1, 0.15) is 5.82 Å². The van der Waals surface area contributed by atoms with Crippen molar-refractivity contribution in [2.75, 3.05) is 37.6 Å². The smallest absolute Gasteiger partial charge is 0.204 e. The van der Waals surface area contributed by atoms with Gasteiger partial charge in [0.05, 0.1) is 12.2 Å². The monoisotopic (exact) mass is 436 g/mol. The summed E-state index contributed by atoms with van der Waals surface area (Å²) in [4.78, 5) is 17.6. The van der Waals surface area contributed by atoms with E-state index in [1.165, 1.54) is 13.0 Å². The van der Waals surface area contributed by atoms with Gasteiger partial charge in [-0.05, 0) is 49.7 Å². The molecule has 7 nitrogen and oxygen atoms in total. The molecule has 0 radical (unpaired) electrons. The second kappa shape index (κ2) is 10.5. The van der Waals surface area contributed by atoms with Gasteiger partial charge < -0.3 is 4.90 Å². The number of hydrogen-bond donors (Lipinski definition) is 0. The van der Waals surface area contributed by atoms with Crippen LogP contribution >= 0.6 is 0 Å². The van der Waals surface area contributed by atoms with Crippen molar-refractivity contribution in [2.24, 2.45) is 0 Å². The number of hydrogen-bond acceptors (Lipinski definition) is 6. The first-order valence-electron chi connectivity index (χ1n) is 11.2. The molecule has 2 heterocycles. The van der Waals surface area contributed by atoms with Gasteiger partial charge in [-0.3, -0.25) is 9.69 Å². The van der Waals surface area contributed by atoms with E-state index in [4.69, 9.17) is 0 Å². The lowest BCUT2D eigenvalue weighted by Gasteiger charge is -2.36. The number of carbonyl (C=O) groups excluding carboxylic acids is 1. The summed E-state index contributed by atoms with van der Waals surface area (Å²) in [5.74, 6) is 0.232. The molecule has 1 saturated heterocycles. The number of aromatic nitrogens is 4. The van der Waals surface area contributed by atoms with Crippen molar-refractivity contribution in [2.45, 2.75) is 32.7 Å². The molecule has 1 fully saturated rings. The van der Waals surface area contributed by atoms with E-state index in [0.717, 1.165) is 64.1 Å². The average molecular weight is 437 g/mol. The van der Waals surface area contributed by atoms with Crippen LogP contribution in [0.5, 0.6) is 0 Å². The van der Waals surface area contributed by atoms with Gasteiger partial charge in [0.2, 0.25) is 5.82 Å². The van der Waals surface area contributed by atoms with E-state index >= 15 is 0 Å². The Morgan fingerprint density at radius 2 is 1.72 bits per heavy atom. The Balaban J connectivity index is 1.15. The van der Waals surface area contributed by atoms with Crippen molar-refractivity contribution in [3.8, 4) is 11.4 Å². The normalized spacial score (nSPS) is 14.6. The van der Waals surface area contributed by atoms with Crippen molar-refractivity contribution in [3.05, 3.63) is 59.9 Å². The zero-order valence-electron chi connectivity index (χ0n) is 18.5. The molecule has 0 spiro atoms. The predicted molar refractivity (Wildman–Crippen MR) is 122 cm³/mol. The van der Waals surface area contributed by atoms with Gasteiger partial charge in [-0.25, -0.2) is 4.39 Å². The summed E-state index contributed by atoms with van der Waals surface area (Å²) in [6.45, 7) is 6.68. The zero-order valence-corrected chi connectivity index (χ0v) is 18.5. The molecule has 3 aromatic rings. The summed E-state index contributed by atoms with van der Waals surface area (Å²) in [5, 5.41) is 12.7. The molecule has 0 aliphatic carbocycles. The number of nitrogens with zero attached hydrogens (tertiary/aromatic N) is 6. The number of Topliss-reactive ketones (excluding diaryl/α,β-unsaturated/α-hetero) is 1. The van der Waals surface area contributed by atoms with E-state index in [-0.39, 0.29) is 11.6 Å². The Morgan fingerprint density at radius 3 is 2.44 bits per heavy atom. The van der Waals surface area contributed by atoms with Gasteiger partial charge >= 0.3 is 0 Å². The largest absolute Gasteiger partial charge is 0.367 e. The minimum absolute atomic E-state index is 0.114. The fourth-order valence-electron chi connectivity index (χ4n) is 4.00. The van der Waals surface area contributed by atoms with Crippen LogP contribution in [-0.4, -0.2) is 63.6 Å². The third kappa shape index (κ3) is 5.56. The molecular weight excluding hydrogens is 407 g/mol. The number of carbonyl (C=O) groups is 1. The van der Waals surface area contributed by atoms with Crippen LogP contribution < -0.4 is 4.90 Å². The molecule has 32 heavy (non-hydrogen) atoms. The number of anilines is 1. The Morgan fingerprint density at radius 1 is 0.969 bits per heavy atom. The number of aryl methyl sites for hydroxylation is 1. The fourth-order valence-corrected chi connectivity index (χ4v) is 4.00. The summed E-state index contributed by atoms with van der Waals surface area (Å²) in [5.41, 5.74) is 1.99. The number of benzene rings is 2. The van der Waals surface area contributed by atoms with Crippen LogP contribution in [0.4, 0.5) is 10.1 Å². The molecule has 0 bridgehead atoms. The van der Waals surface area contributed by atoms with Crippen LogP contribution in [0.3, 0.4) is 0 Å². The van der Waals surface area contributed by atoms with E-state index in [0.29, 0.717) is 17.1 Å². The SMILES string of the molecule is CC(=O)c1ccc(N2CCN(CCCCCn3nnc(-c4ccccc4)n3)CC2)c(F)c1. The third-order valence-corrected chi connectivity index (χ3v) is 5.88. The van der Waals surface area contributed by atoms with E-state index in [1.807, 2.05) is 30.3 Å². The molecule has 0 saturated carbocycles. The van der Waals surface area contributed by atoms with Crippen molar-refractivity contribution in [1.82, 2.24) is 25.1 Å². The standard InChI is InChI=1S/C24H29FN6O/c1-19(32)21-10-11-23(22(25)18-21)30-16-14-29(15-17-30)12-6-3-7-13-31-27-24(26-28-31)20-8-4-2-5-9-20/h2,4-5,8-11,18H,3,6-7,12-17H2,1H3. The Labute approximate surface area is 187 Å². The van der Waals surface area contributed by atoms with Crippen molar-refractivity contribution in [3.63, 3.8) is 0 Å². The summed E-state index contributed by atoms with van der Waals surface area (Å²) >= 11 is 0. The third-order valence-electron chi connectivity index (χ3n) is 5.88. The number of ketones is 1. The van der Waals surface area contributed by atoms with Crippen LogP contribution in [0.15, 0.2) is 48.5 Å². The van der Waals surface area contributed by atoms with Crippen LogP contribution in [0.1, 0.15) is 36.5 Å². The number of tetrazole rings is 1.